The van der Waals surface area contributed by atoms with Crippen LogP contribution < -0.4 is 0 Å². The second-order valence-corrected chi connectivity index (χ2v) is 5.18. The zero-order valence-corrected chi connectivity index (χ0v) is 9.72. The molecule has 0 atom stereocenters. The molecule has 0 N–H and O–H groups in total. The van der Waals surface area contributed by atoms with E-state index in [1.165, 1.54) is 0 Å². The van der Waals surface area contributed by atoms with Crippen LogP contribution in [0.4, 0.5) is 0 Å². The Kier molecular flexibility index (Phi) is 2.73. The minimum absolute atomic E-state index is 0.283. The van der Waals surface area contributed by atoms with Gasteiger partial charge in [-0.25, -0.2) is 4.68 Å². The van der Waals surface area contributed by atoms with E-state index in [1.807, 2.05) is 4.68 Å². The van der Waals surface area contributed by atoms with Crippen molar-refractivity contribution < 1.29 is 0 Å². The lowest BCUT2D eigenvalue weighted by molar-refractivity contribution is 0.0865. The molecule has 5 nitrogen and oxygen atoms in total. The molecule has 84 valence electrons. The molecule has 2 heterocycles. The first-order valence-electron chi connectivity index (χ1n) is 5.55. The van der Waals surface area contributed by atoms with Gasteiger partial charge in [0.05, 0.1) is 6.04 Å². The van der Waals surface area contributed by atoms with Crippen LogP contribution in [-0.2, 0) is 0 Å². The first-order chi connectivity index (χ1) is 7.07. The van der Waals surface area contributed by atoms with Gasteiger partial charge >= 0.3 is 0 Å². The maximum atomic E-state index is 3.96. The molecule has 0 radical (unpaired) electrons. The highest BCUT2D eigenvalue weighted by Gasteiger charge is 2.27. The fraction of sp³-hybridized carbons (Fsp3) is 0.900. The molecule has 5 heteroatoms. The first kappa shape index (κ1) is 10.5. The number of aromatic nitrogens is 4. The van der Waals surface area contributed by atoms with Crippen molar-refractivity contribution in [3.63, 3.8) is 0 Å². The van der Waals surface area contributed by atoms with Crippen molar-refractivity contribution in [1.29, 1.82) is 0 Å². The van der Waals surface area contributed by atoms with Crippen molar-refractivity contribution in [3.05, 3.63) is 6.33 Å². The van der Waals surface area contributed by atoms with Gasteiger partial charge in [-0.2, -0.15) is 0 Å². The van der Waals surface area contributed by atoms with E-state index < -0.39 is 0 Å². The molecule has 1 saturated heterocycles. The van der Waals surface area contributed by atoms with Gasteiger partial charge in [0.25, 0.3) is 0 Å². The summed E-state index contributed by atoms with van der Waals surface area (Å²) in [5, 5.41) is 11.3. The molecular formula is C10H19N5. The van der Waals surface area contributed by atoms with Crippen molar-refractivity contribution >= 4 is 0 Å². The van der Waals surface area contributed by atoms with Gasteiger partial charge in [0.1, 0.15) is 6.33 Å². The van der Waals surface area contributed by atoms with E-state index in [0.717, 1.165) is 25.9 Å². The maximum Gasteiger partial charge on any atom is 0.138 e. The fourth-order valence-corrected chi connectivity index (χ4v) is 2.14. The summed E-state index contributed by atoms with van der Waals surface area (Å²) in [4.78, 5) is 2.52. The first-order valence-corrected chi connectivity index (χ1v) is 5.55. The van der Waals surface area contributed by atoms with E-state index in [-0.39, 0.29) is 5.54 Å². The van der Waals surface area contributed by atoms with Gasteiger partial charge < -0.3 is 0 Å². The molecule has 1 aliphatic heterocycles. The van der Waals surface area contributed by atoms with Crippen molar-refractivity contribution in [3.8, 4) is 0 Å². The summed E-state index contributed by atoms with van der Waals surface area (Å²) in [5.74, 6) is 0. The Morgan fingerprint density at radius 3 is 2.33 bits per heavy atom. The van der Waals surface area contributed by atoms with Crippen LogP contribution in [0.15, 0.2) is 6.33 Å². The molecular weight excluding hydrogens is 190 g/mol. The average molecular weight is 209 g/mol. The number of rotatable bonds is 1. The minimum atomic E-state index is 0.283. The zero-order chi connectivity index (χ0) is 10.9. The molecule has 0 aliphatic carbocycles. The largest absolute Gasteiger partial charge is 0.298 e. The third-order valence-electron chi connectivity index (χ3n) is 3.15. The standard InChI is InChI=1S/C10H19N5/c1-10(2,3)14-6-4-9(5-7-14)15-8-11-12-13-15/h8-9H,4-7H2,1-3H3. The van der Waals surface area contributed by atoms with Gasteiger partial charge in [0.2, 0.25) is 0 Å². The van der Waals surface area contributed by atoms with Gasteiger partial charge in [0, 0.05) is 18.6 Å². The number of tetrazole rings is 1. The summed E-state index contributed by atoms with van der Waals surface area (Å²) in [6.45, 7) is 9.07. The number of likely N-dealkylation sites (tertiary alicyclic amines) is 1. The van der Waals surface area contributed by atoms with Crippen LogP contribution in [0.25, 0.3) is 0 Å². The van der Waals surface area contributed by atoms with Crippen molar-refractivity contribution in [1.82, 2.24) is 25.1 Å². The van der Waals surface area contributed by atoms with Crippen LogP contribution in [0.1, 0.15) is 39.7 Å². The van der Waals surface area contributed by atoms with Crippen molar-refractivity contribution in [2.45, 2.75) is 45.2 Å². The molecule has 2 rings (SSSR count). The van der Waals surface area contributed by atoms with Gasteiger partial charge in [-0.05, 0) is 44.0 Å². The Morgan fingerprint density at radius 1 is 1.20 bits per heavy atom. The highest BCUT2D eigenvalue weighted by atomic mass is 15.5. The Balaban J connectivity index is 1.93. The average Bonchev–Trinajstić information content (AvgIpc) is 2.69. The molecule has 0 amide bonds. The predicted molar refractivity (Wildman–Crippen MR) is 57.4 cm³/mol. The van der Waals surface area contributed by atoms with Crippen molar-refractivity contribution in [2.24, 2.45) is 0 Å². The Bertz CT molecular complexity index is 292. The Hall–Kier alpha value is -0.970. The number of nitrogens with zero attached hydrogens (tertiary/aromatic N) is 5. The minimum Gasteiger partial charge on any atom is -0.298 e. The molecule has 0 unspecified atom stereocenters. The summed E-state index contributed by atoms with van der Waals surface area (Å²) >= 11 is 0. The topological polar surface area (TPSA) is 46.8 Å². The smallest absolute Gasteiger partial charge is 0.138 e. The van der Waals surface area contributed by atoms with E-state index in [9.17, 15) is 0 Å². The summed E-state index contributed by atoms with van der Waals surface area (Å²) in [6.07, 6.45) is 4.00. The van der Waals surface area contributed by atoms with E-state index in [2.05, 4.69) is 41.2 Å². The maximum absolute atomic E-state index is 3.96. The molecule has 1 aromatic heterocycles. The van der Waals surface area contributed by atoms with Crippen molar-refractivity contribution in [2.75, 3.05) is 13.1 Å². The summed E-state index contributed by atoms with van der Waals surface area (Å²) < 4.78 is 1.89. The lowest BCUT2D eigenvalue weighted by Gasteiger charge is -2.40. The van der Waals surface area contributed by atoms with E-state index in [1.54, 1.807) is 6.33 Å². The Labute approximate surface area is 90.5 Å². The lowest BCUT2D eigenvalue weighted by Crippen LogP contribution is -2.46. The summed E-state index contributed by atoms with van der Waals surface area (Å²) in [5.41, 5.74) is 0.283. The number of hydrogen-bond donors (Lipinski definition) is 0. The lowest BCUT2D eigenvalue weighted by atomic mass is 9.98. The number of hydrogen-bond acceptors (Lipinski definition) is 4. The van der Waals surface area contributed by atoms with Crippen LogP contribution in [0, 0.1) is 0 Å². The van der Waals surface area contributed by atoms with Gasteiger partial charge in [-0.1, -0.05) is 0 Å². The molecule has 1 aliphatic rings. The SMILES string of the molecule is CC(C)(C)N1CCC(n2cnnn2)CC1. The normalized spacial score (nSPS) is 20.7. The van der Waals surface area contributed by atoms with Crippen LogP contribution in [0.2, 0.25) is 0 Å². The fourth-order valence-electron chi connectivity index (χ4n) is 2.14. The molecule has 0 saturated carbocycles. The Morgan fingerprint density at radius 2 is 1.87 bits per heavy atom. The van der Waals surface area contributed by atoms with Crippen LogP contribution >= 0.6 is 0 Å². The third kappa shape index (κ3) is 2.34. The van der Waals surface area contributed by atoms with Gasteiger partial charge in [0.15, 0.2) is 0 Å². The molecule has 0 aromatic carbocycles. The summed E-state index contributed by atoms with van der Waals surface area (Å²) in [7, 11) is 0. The molecule has 15 heavy (non-hydrogen) atoms. The zero-order valence-electron chi connectivity index (χ0n) is 9.72. The second kappa shape index (κ2) is 3.89. The molecule has 1 fully saturated rings. The quantitative estimate of drug-likeness (QED) is 0.695. The van der Waals surface area contributed by atoms with Crippen LogP contribution in [0.5, 0.6) is 0 Å². The monoisotopic (exact) mass is 209 g/mol. The summed E-state index contributed by atoms with van der Waals surface area (Å²) in [6, 6.07) is 0.485. The third-order valence-corrected chi connectivity index (χ3v) is 3.15. The van der Waals surface area contributed by atoms with E-state index in [4.69, 9.17) is 0 Å². The van der Waals surface area contributed by atoms with Gasteiger partial charge in [-0.3, -0.25) is 4.90 Å². The molecule has 1 aromatic rings. The molecule has 0 bridgehead atoms. The van der Waals surface area contributed by atoms with Gasteiger partial charge in [-0.15, -0.1) is 5.10 Å². The molecule has 0 spiro atoms. The van der Waals surface area contributed by atoms with E-state index in [0.29, 0.717) is 6.04 Å². The van der Waals surface area contributed by atoms with Crippen LogP contribution in [-0.4, -0.2) is 43.7 Å². The highest BCUT2D eigenvalue weighted by Crippen LogP contribution is 2.25. The van der Waals surface area contributed by atoms with E-state index >= 15 is 0 Å². The second-order valence-electron chi connectivity index (χ2n) is 5.18. The number of piperidine rings is 1. The highest BCUT2D eigenvalue weighted by molar-refractivity contribution is 4.83. The van der Waals surface area contributed by atoms with Crippen LogP contribution in [0.3, 0.4) is 0 Å². The predicted octanol–water partition coefficient (Wildman–Crippen LogP) is 1.11.